The van der Waals surface area contributed by atoms with E-state index in [-0.39, 0.29) is 11.9 Å². The molecule has 0 saturated carbocycles. The van der Waals surface area contributed by atoms with Crippen LogP contribution in [0, 0.1) is 5.92 Å². The molecule has 3 heterocycles. The Bertz CT molecular complexity index is 295. The summed E-state index contributed by atoms with van der Waals surface area (Å²) >= 11 is 0. The highest BCUT2D eigenvalue weighted by molar-refractivity contribution is 4.92. The standard InChI is InChI=1S/C15H27NO4/c1-16-13(10-14-18-8-9-19-14)12-2-5-20-15(11-12)3-6-17-7-4-15/h12-14,16H,2-11H2,1H3. The van der Waals surface area contributed by atoms with Crippen LogP contribution in [0.4, 0.5) is 0 Å². The Labute approximate surface area is 121 Å². The van der Waals surface area contributed by atoms with E-state index in [4.69, 9.17) is 18.9 Å². The van der Waals surface area contributed by atoms with Crippen molar-refractivity contribution in [3.05, 3.63) is 0 Å². The van der Waals surface area contributed by atoms with Crippen LogP contribution in [0.1, 0.15) is 32.1 Å². The Morgan fingerprint density at radius 1 is 1.10 bits per heavy atom. The van der Waals surface area contributed by atoms with E-state index < -0.39 is 0 Å². The van der Waals surface area contributed by atoms with Gasteiger partial charge in [0.15, 0.2) is 6.29 Å². The third-order valence-corrected chi connectivity index (χ3v) is 5.01. The van der Waals surface area contributed by atoms with Gasteiger partial charge in [0, 0.05) is 32.3 Å². The molecular weight excluding hydrogens is 258 g/mol. The van der Waals surface area contributed by atoms with Crippen molar-refractivity contribution in [2.45, 2.75) is 50.0 Å². The summed E-state index contributed by atoms with van der Waals surface area (Å²) in [6, 6.07) is 0.446. The summed E-state index contributed by atoms with van der Waals surface area (Å²) in [4.78, 5) is 0. The molecule has 2 atom stereocenters. The van der Waals surface area contributed by atoms with E-state index >= 15 is 0 Å². The normalized spacial score (nSPS) is 32.5. The Morgan fingerprint density at radius 2 is 1.85 bits per heavy atom. The van der Waals surface area contributed by atoms with Gasteiger partial charge >= 0.3 is 0 Å². The zero-order valence-electron chi connectivity index (χ0n) is 12.4. The Kier molecular flexibility index (Phi) is 4.94. The molecule has 0 aromatic rings. The molecule has 3 rings (SSSR count). The second-order valence-corrected chi connectivity index (χ2v) is 6.20. The molecule has 2 unspecified atom stereocenters. The number of nitrogens with one attached hydrogen (secondary N) is 1. The van der Waals surface area contributed by atoms with Crippen molar-refractivity contribution in [3.8, 4) is 0 Å². The van der Waals surface area contributed by atoms with Crippen LogP contribution in [0.15, 0.2) is 0 Å². The summed E-state index contributed by atoms with van der Waals surface area (Å²) in [5.74, 6) is 0.639. The minimum absolute atomic E-state index is 0.0269. The predicted octanol–water partition coefficient (Wildman–Crippen LogP) is 1.31. The lowest BCUT2D eigenvalue weighted by Gasteiger charge is -2.45. The summed E-state index contributed by atoms with van der Waals surface area (Å²) in [5.41, 5.74) is 0.0632. The fourth-order valence-corrected chi connectivity index (χ4v) is 3.80. The van der Waals surface area contributed by atoms with Gasteiger partial charge in [0.05, 0.1) is 18.8 Å². The van der Waals surface area contributed by atoms with Crippen molar-refractivity contribution >= 4 is 0 Å². The molecule has 0 bridgehead atoms. The first-order valence-corrected chi connectivity index (χ1v) is 7.93. The molecule has 5 heteroatoms. The van der Waals surface area contributed by atoms with Crippen molar-refractivity contribution in [2.75, 3.05) is 40.1 Å². The summed E-state index contributed by atoms with van der Waals surface area (Å²) in [5, 5.41) is 3.47. The van der Waals surface area contributed by atoms with Crippen LogP contribution in [-0.2, 0) is 18.9 Å². The number of hydrogen-bond donors (Lipinski definition) is 1. The van der Waals surface area contributed by atoms with Crippen molar-refractivity contribution in [2.24, 2.45) is 5.92 Å². The second kappa shape index (κ2) is 6.71. The van der Waals surface area contributed by atoms with Gasteiger partial charge in [0.2, 0.25) is 0 Å². The molecule has 20 heavy (non-hydrogen) atoms. The van der Waals surface area contributed by atoms with Gasteiger partial charge in [-0.3, -0.25) is 0 Å². The van der Waals surface area contributed by atoms with Gasteiger partial charge in [-0.15, -0.1) is 0 Å². The lowest BCUT2D eigenvalue weighted by Crippen LogP contribution is -2.49. The zero-order chi connectivity index (χ0) is 13.8. The smallest absolute Gasteiger partial charge is 0.159 e. The molecule has 3 saturated heterocycles. The minimum atomic E-state index is -0.0269. The molecule has 0 amide bonds. The highest BCUT2D eigenvalue weighted by atomic mass is 16.7. The van der Waals surface area contributed by atoms with Crippen LogP contribution in [0.25, 0.3) is 0 Å². The number of rotatable bonds is 4. The third kappa shape index (κ3) is 3.34. The van der Waals surface area contributed by atoms with Crippen LogP contribution in [-0.4, -0.2) is 58.0 Å². The summed E-state index contributed by atoms with van der Waals surface area (Å²) < 4.78 is 22.8. The molecule has 3 fully saturated rings. The maximum absolute atomic E-state index is 6.13. The molecule has 3 aliphatic rings. The summed E-state index contributed by atoms with van der Waals surface area (Å²) in [6.07, 6.45) is 5.25. The SMILES string of the molecule is CNC(CC1OCCO1)C1CCOC2(CCOCC2)C1. The molecule has 0 aromatic carbocycles. The Balaban J connectivity index is 1.58. The van der Waals surface area contributed by atoms with Crippen molar-refractivity contribution in [3.63, 3.8) is 0 Å². The third-order valence-electron chi connectivity index (χ3n) is 5.01. The van der Waals surface area contributed by atoms with E-state index in [1.54, 1.807) is 0 Å². The van der Waals surface area contributed by atoms with Crippen LogP contribution in [0.3, 0.4) is 0 Å². The summed E-state index contributed by atoms with van der Waals surface area (Å²) in [6.45, 7) is 4.01. The van der Waals surface area contributed by atoms with Crippen LogP contribution in [0.5, 0.6) is 0 Å². The van der Waals surface area contributed by atoms with Gasteiger partial charge in [0.1, 0.15) is 0 Å². The lowest BCUT2D eigenvalue weighted by molar-refractivity contribution is -0.153. The molecule has 0 aromatic heterocycles. The van der Waals surface area contributed by atoms with Crippen molar-refractivity contribution < 1.29 is 18.9 Å². The number of ether oxygens (including phenoxy) is 4. The van der Waals surface area contributed by atoms with Crippen molar-refractivity contribution in [1.82, 2.24) is 5.32 Å². The monoisotopic (exact) mass is 285 g/mol. The van der Waals surface area contributed by atoms with E-state index in [2.05, 4.69) is 5.32 Å². The van der Waals surface area contributed by atoms with Gasteiger partial charge in [-0.2, -0.15) is 0 Å². The first-order valence-electron chi connectivity index (χ1n) is 7.93. The van der Waals surface area contributed by atoms with Gasteiger partial charge in [-0.05, 0) is 38.6 Å². The summed E-state index contributed by atoms with van der Waals surface area (Å²) in [7, 11) is 2.05. The predicted molar refractivity (Wildman–Crippen MR) is 74.6 cm³/mol. The molecule has 0 radical (unpaired) electrons. The van der Waals surface area contributed by atoms with E-state index in [1.165, 1.54) is 0 Å². The minimum Gasteiger partial charge on any atom is -0.381 e. The molecule has 3 aliphatic heterocycles. The van der Waals surface area contributed by atoms with E-state index in [0.29, 0.717) is 12.0 Å². The molecule has 5 nitrogen and oxygen atoms in total. The number of hydrogen-bond acceptors (Lipinski definition) is 5. The van der Waals surface area contributed by atoms with Gasteiger partial charge < -0.3 is 24.3 Å². The fourth-order valence-electron chi connectivity index (χ4n) is 3.80. The fraction of sp³-hybridized carbons (Fsp3) is 1.00. The Morgan fingerprint density at radius 3 is 2.55 bits per heavy atom. The van der Waals surface area contributed by atoms with E-state index in [0.717, 1.165) is 65.1 Å². The van der Waals surface area contributed by atoms with Crippen LogP contribution < -0.4 is 5.32 Å². The van der Waals surface area contributed by atoms with Crippen molar-refractivity contribution in [1.29, 1.82) is 0 Å². The quantitative estimate of drug-likeness (QED) is 0.844. The second-order valence-electron chi connectivity index (χ2n) is 6.20. The van der Waals surface area contributed by atoms with Gasteiger partial charge in [-0.25, -0.2) is 0 Å². The van der Waals surface area contributed by atoms with Crippen LogP contribution >= 0.6 is 0 Å². The Hall–Kier alpha value is -0.200. The molecular formula is C15H27NO4. The lowest BCUT2D eigenvalue weighted by atomic mass is 9.77. The molecule has 0 aliphatic carbocycles. The van der Waals surface area contributed by atoms with Gasteiger partial charge in [-0.1, -0.05) is 0 Å². The first-order chi connectivity index (χ1) is 9.81. The highest BCUT2D eigenvalue weighted by Crippen LogP contribution is 2.39. The largest absolute Gasteiger partial charge is 0.381 e. The first kappa shape index (κ1) is 14.7. The molecule has 1 spiro atoms. The molecule has 116 valence electrons. The maximum Gasteiger partial charge on any atom is 0.159 e. The van der Waals surface area contributed by atoms with Gasteiger partial charge in [0.25, 0.3) is 0 Å². The van der Waals surface area contributed by atoms with E-state index in [9.17, 15) is 0 Å². The topological polar surface area (TPSA) is 49.0 Å². The average Bonchev–Trinajstić information content (AvgIpc) is 2.98. The average molecular weight is 285 g/mol. The van der Waals surface area contributed by atoms with E-state index in [1.807, 2.05) is 7.05 Å². The zero-order valence-corrected chi connectivity index (χ0v) is 12.4. The van der Waals surface area contributed by atoms with Crippen LogP contribution in [0.2, 0.25) is 0 Å². The maximum atomic E-state index is 6.13. The molecule has 1 N–H and O–H groups in total. The highest BCUT2D eigenvalue weighted by Gasteiger charge is 2.41.